The number of nitrogens with zero attached hydrogens (tertiary/aromatic N) is 2. The highest BCUT2D eigenvalue weighted by molar-refractivity contribution is 5.58. The highest BCUT2D eigenvalue weighted by Gasteiger charge is 2.08. The maximum Gasteiger partial charge on any atom is 0.101 e. The molecule has 1 aromatic rings. The van der Waals surface area contributed by atoms with E-state index in [4.69, 9.17) is 5.26 Å². The van der Waals surface area contributed by atoms with Gasteiger partial charge in [-0.2, -0.15) is 5.26 Å². The minimum Gasteiger partial charge on any atom is -0.383 e. The number of nitrogens with one attached hydrogen (secondary N) is 1. The van der Waals surface area contributed by atoms with Gasteiger partial charge in [-0.25, -0.2) is 0 Å². The third kappa shape index (κ3) is 4.25. The molecular formula is C16H23N3. The second-order valence-electron chi connectivity index (χ2n) is 5.34. The van der Waals surface area contributed by atoms with Gasteiger partial charge in [-0.15, -0.1) is 0 Å². The van der Waals surface area contributed by atoms with Gasteiger partial charge in [0.15, 0.2) is 0 Å². The Kier molecular flexibility index (Phi) is 5.23. The Balaban J connectivity index is 1.83. The zero-order chi connectivity index (χ0) is 13.5. The van der Waals surface area contributed by atoms with Gasteiger partial charge < -0.3 is 10.2 Å². The number of likely N-dealkylation sites (tertiary alicyclic amines) is 1. The second kappa shape index (κ2) is 7.16. The summed E-state index contributed by atoms with van der Waals surface area (Å²) in [6.45, 7) is 6.44. The molecule has 2 rings (SSSR count). The van der Waals surface area contributed by atoms with E-state index in [1.54, 1.807) is 0 Å². The van der Waals surface area contributed by atoms with Crippen LogP contribution in [0.2, 0.25) is 0 Å². The van der Waals surface area contributed by atoms with Gasteiger partial charge in [0.2, 0.25) is 0 Å². The lowest BCUT2D eigenvalue weighted by molar-refractivity contribution is 0.296. The van der Waals surface area contributed by atoms with Crippen molar-refractivity contribution in [2.75, 3.05) is 31.5 Å². The van der Waals surface area contributed by atoms with Gasteiger partial charge in [0.25, 0.3) is 0 Å². The van der Waals surface area contributed by atoms with Crippen LogP contribution in [0, 0.1) is 18.3 Å². The first-order valence-corrected chi connectivity index (χ1v) is 7.26. The van der Waals surface area contributed by atoms with Crippen LogP contribution in [-0.2, 0) is 0 Å². The average Bonchev–Trinajstić information content (AvgIpc) is 2.69. The molecule has 0 bridgehead atoms. The van der Waals surface area contributed by atoms with Crippen LogP contribution < -0.4 is 5.32 Å². The van der Waals surface area contributed by atoms with Crippen molar-refractivity contribution in [2.24, 2.45) is 0 Å². The quantitative estimate of drug-likeness (QED) is 0.900. The Morgan fingerprint density at radius 2 is 1.95 bits per heavy atom. The van der Waals surface area contributed by atoms with Gasteiger partial charge in [0.1, 0.15) is 6.07 Å². The Morgan fingerprint density at radius 3 is 2.63 bits per heavy atom. The Labute approximate surface area is 116 Å². The highest BCUT2D eigenvalue weighted by Crippen LogP contribution is 2.16. The number of aryl methyl sites for hydroxylation is 1. The Morgan fingerprint density at radius 1 is 1.21 bits per heavy atom. The average molecular weight is 257 g/mol. The van der Waals surface area contributed by atoms with E-state index in [0.29, 0.717) is 0 Å². The van der Waals surface area contributed by atoms with Crippen molar-refractivity contribution in [1.82, 2.24) is 4.90 Å². The van der Waals surface area contributed by atoms with Crippen LogP contribution in [0.4, 0.5) is 5.69 Å². The summed E-state index contributed by atoms with van der Waals surface area (Å²) >= 11 is 0. The van der Waals surface area contributed by atoms with Crippen LogP contribution in [0.1, 0.15) is 36.8 Å². The predicted molar refractivity (Wildman–Crippen MR) is 79.3 cm³/mol. The monoisotopic (exact) mass is 257 g/mol. The maximum atomic E-state index is 9.13. The molecule has 3 heteroatoms. The molecule has 1 fully saturated rings. The molecule has 0 aromatic heterocycles. The van der Waals surface area contributed by atoms with E-state index in [1.165, 1.54) is 38.8 Å². The van der Waals surface area contributed by atoms with Crippen LogP contribution in [0.5, 0.6) is 0 Å². The van der Waals surface area contributed by atoms with Crippen LogP contribution in [-0.4, -0.2) is 31.1 Å². The molecule has 19 heavy (non-hydrogen) atoms. The number of hydrogen-bond acceptors (Lipinski definition) is 3. The van der Waals surface area contributed by atoms with E-state index >= 15 is 0 Å². The minimum absolute atomic E-state index is 0.746. The SMILES string of the molecule is Cc1ccc(NCCN2CCCCCC2)c(C#N)c1. The largest absolute Gasteiger partial charge is 0.383 e. The first kappa shape index (κ1) is 13.9. The lowest BCUT2D eigenvalue weighted by Crippen LogP contribution is -2.30. The van der Waals surface area contributed by atoms with Crippen LogP contribution in [0.15, 0.2) is 18.2 Å². The molecule has 1 aromatic carbocycles. The fraction of sp³-hybridized carbons (Fsp3) is 0.562. The standard InChI is InChI=1S/C16H23N3/c1-14-6-7-16(15(12-14)13-17)18-8-11-19-9-4-2-3-5-10-19/h6-7,12,18H,2-5,8-11H2,1H3. The van der Waals surface area contributed by atoms with Crippen molar-refractivity contribution in [1.29, 1.82) is 5.26 Å². The molecule has 1 heterocycles. The molecule has 0 amide bonds. The summed E-state index contributed by atoms with van der Waals surface area (Å²) in [5.74, 6) is 0. The molecule has 0 atom stereocenters. The molecule has 1 N–H and O–H groups in total. The molecule has 1 saturated heterocycles. The maximum absolute atomic E-state index is 9.13. The number of rotatable bonds is 4. The number of hydrogen-bond donors (Lipinski definition) is 1. The fourth-order valence-electron chi connectivity index (χ4n) is 2.61. The van der Waals surface area contributed by atoms with Crippen LogP contribution >= 0.6 is 0 Å². The topological polar surface area (TPSA) is 39.1 Å². The summed E-state index contributed by atoms with van der Waals surface area (Å²) in [4.78, 5) is 2.53. The smallest absolute Gasteiger partial charge is 0.101 e. The molecule has 102 valence electrons. The van der Waals surface area contributed by atoms with Crippen molar-refractivity contribution in [3.8, 4) is 6.07 Å². The fourth-order valence-corrected chi connectivity index (χ4v) is 2.61. The second-order valence-corrected chi connectivity index (χ2v) is 5.34. The lowest BCUT2D eigenvalue weighted by atomic mass is 10.1. The van der Waals surface area contributed by atoms with Gasteiger partial charge in [0.05, 0.1) is 11.3 Å². The van der Waals surface area contributed by atoms with E-state index in [-0.39, 0.29) is 0 Å². The number of anilines is 1. The van der Waals surface area contributed by atoms with Gasteiger partial charge in [-0.3, -0.25) is 0 Å². The van der Waals surface area contributed by atoms with Crippen molar-refractivity contribution < 1.29 is 0 Å². The van der Waals surface area contributed by atoms with Gasteiger partial charge in [0, 0.05) is 13.1 Å². The number of nitriles is 1. The van der Waals surface area contributed by atoms with E-state index in [9.17, 15) is 0 Å². The van der Waals surface area contributed by atoms with Crippen LogP contribution in [0.3, 0.4) is 0 Å². The third-order valence-electron chi connectivity index (χ3n) is 3.74. The van der Waals surface area contributed by atoms with Crippen molar-refractivity contribution in [3.05, 3.63) is 29.3 Å². The molecule has 3 nitrogen and oxygen atoms in total. The van der Waals surface area contributed by atoms with Crippen molar-refractivity contribution in [3.63, 3.8) is 0 Å². The lowest BCUT2D eigenvalue weighted by Gasteiger charge is -2.20. The zero-order valence-corrected chi connectivity index (χ0v) is 11.8. The summed E-state index contributed by atoms with van der Waals surface area (Å²) in [6, 6.07) is 8.26. The summed E-state index contributed by atoms with van der Waals surface area (Å²) in [7, 11) is 0. The minimum atomic E-state index is 0.746. The van der Waals surface area contributed by atoms with Gasteiger partial charge in [-0.1, -0.05) is 18.9 Å². The molecule has 0 saturated carbocycles. The first-order chi connectivity index (χ1) is 9.29. The van der Waals surface area contributed by atoms with E-state index < -0.39 is 0 Å². The highest BCUT2D eigenvalue weighted by atomic mass is 15.1. The van der Waals surface area contributed by atoms with E-state index in [1.807, 2.05) is 19.1 Å². The molecule has 0 unspecified atom stereocenters. The molecule has 0 aliphatic carbocycles. The first-order valence-electron chi connectivity index (χ1n) is 7.26. The molecule has 0 radical (unpaired) electrons. The van der Waals surface area contributed by atoms with Gasteiger partial charge in [-0.05, 0) is 50.6 Å². The van der Waals surface area contributed by atoms with Crippen molar-refractivity contribution >= 4 is 5.69 Å². The molecule has 0 spiro atoms. The Bertz CT molecular complexity index is 440. The molecule has 1 aliphatic rings. The zero-order valence-electron chi connectivity index (χ0n) is 11.8. The molecular weight excluding hydrogens is 234 g/mol. The number of benzene rings is 1. The van der Waals surface area contributed by atoms with E-state index in [2.05, 4.69) is 22.4 Å². The van der Waals surface area contributed by atoms with Crippen LogP contribution in [0.25, 0.3) is 0 Å². The summed E-state index contributed by atoms with van der Waals surface area (Å²) in [6.07, 6.45) is 5.41. The van der Waals surface area contributed by atoms with E-state index in [0.717, 1.165) is 29.9 Å². The summed E-state index contributed by atoms with van der Waals surface area (Å²) in [5, 5.41) is 12.5. The molecule has 1 aliphatic heterocycles. The summed E-state index contributed by atoms with van der Waals surface area (Å²) in [5.41, 5.74) is 2.84. The van der Waals surface area contributed by atoms with Crippen molar-refractivity contribution in [2.45, 2.75) is 32.6 Å². The normalized spacial score (nSPS) is 16.6. The van der Waals surface area contributed by atoms with Gasteiger partial charge >= 0.3 is 0 Å². The third-order valence-corrected chi connectivity index (χ3v) is 3.74. The Hall–Kier alpha value is -1.53. The predicted octanol–water partition coefficient (Wildman–Crippen LogP) is 3.15. The summed E-state index contributed by atoms with van der Waals surface area (Å²) < 4.78 is 0.